The highest BCUT2D eigenvalue weighted by molar-refractivity contribution is 5.31. The Hall–Kier alpha value is -1.29. The third-order valence-corrected chi connectivity index (χ3v) is 2.63. The zero-order valence-electron chi connectivity index (χ0n) is 8.85. The largest absolute Gasteiger partial charge is 0.491 e. The molecule has 4 heteroatoms. The lowest BCUT2D eigenvalue weighted by Crippen LogP contribution is -2.25. The highest BCUT2D eigenvalue weighted by Crippen LogP contribution is 2.11. The van der Waals surface area contributed by atoms with Crippen molar-refractivity contribution in [3.63, 3.8) is 0 Å². The van der Waals surface area contributed by atoms with Crippen molar-refractivity contribution >= 4 is 5.82 Å². The summed E-state index contributed by atoms with van der Waals surface area (Å²) in [6.07, 6.45) is 4.31. The van der Waals surface area contributed by atoms with Crippen molar-refractivity contribution in [3.05, 3.63) is 18.3 Å². The van der Waals surface area contributed by atoms with Gasteiger partial charge in [-0.3, -0.25) is 4.90 Å². The Bertz CT molecular complexity index is 293. The maximum Gasteiger partial charge on any atom is 0.137 e. The Morgan fingerprint density at radius 3 is 2.80 bits per heavy atom. The molecule has 1 fully saturated rings. The lowest BCUT2D eigenvalue weighted by atomic mass is 10.4. The molecular formula is C11H17N3O. The monoisotopic (exact) mass is 207 g/mol. The minimum atomic E-state index is 0.530. The van der Waals surface area contributed by atoms with Crippen molar-refractivity contribution in [1.82, 2.24) is 9.88 Å². The van der Waals surface area contributed by atoms with E-state index in [1.165, 1.54) is 25.9 Å². The van der Waals surface area contributed by atoms with Gasteiger partial charge in [0.05, 0.1) is 6.20 Å². The van der Waals surface area contributed by atoms with Gasteiger partial charge < -0.3 is 10.5 Å². The first kappa shape index (κ1) is 10.2. The molecule has 0 bridgehead atoms. The quantitative estimate of drug-likeness (QED) is 0.804. The highest BCUT2D eigenvalue weighted by Gasteiger charge is 2.10. The number of hydrogen-bond donors (Lipinski definition) is 1. The van der Waals surface area contributed by atoms with E-state index in [9.17, 15) is 0 Å². The fraction of sp³-hybridized carbons (Fsp3) is 0.545. The summed E-state index contributed by atoms with van der Waals surface area (Å²) < 4.78 is 5.56. The Balaban J connectivity index is 1.71. The van der Waals surface area contributed by atoms with Gasteiger partial charge in [-0.05, 0) is 38.1 Å². The van der Waals surface area contributed by atoms with Crippen LogP contribution < -0.4 is 10.5 Å². The maximum absolute atomic E-state index is 5.56. The first-order chi connectivity index (χ1) is 7.34. The average molecular weight is 207 g/mol. The Labute approximate surface area is 90.0 Å². The van der Waals surface area contributed by atoms with Crippen LogP contribution in [0.1, 0.15) is 12.8 Å². The topological polar surface area (TPSA) is 51.4 Å². The first-order valence-corrected chi connectivity index (χ1v) is 5.41. The van der Waals surface area contributed by atoms with E-state index in [1.807, 2.05) is 6.07 Å². The summed E-state index contributed by atoms with van der Waals surface area (Å²) >= 11 is 0. The van der Waals surface area contributed by atoms with Crippen molar-refractivity contribution < 1.29 is 4.74 Å². The predicted molar refractivity (Wildman–Crippen MR) is 59.8 cm³/mol. The lowest BCUT2D eigenvalue weighted by molar-refractivity contribution is 0.237. The number of pyridine rings is 1. The fourth-order valence-corrected chi connectivity index (χ4v) is 1.78. The zero-order valence-corrected chi connectivity index (χ0v) is 8.85. The summed E-state index contributed by atoms with van der Waals surface area (Å²) in [6, 6.07) is 3.61. The second-order valence-corrected chi connectivity index (χ2v) is 3.82. The van der Waals surface area contributed by atoms with Gasteiger partial charge >= 0.3 is 0 Å². The molecule has 82 valence electrons. The van der Waals surface area contributed by atoms with Gasteiger partial charge in [-0.2, -0.15) is 0 Å². The number of nitrogens with two attached hydrogens (primary N) is 1. The van der Waals surface area contributed by atoms with Gasteiger partial charge in [0.25, 0.3) is 0 Å². The highest BCUT2D eigenvalue weighted by atomic mass is 16.5. The molecule has 2 heterocycles. The van der Waals surface area contributed by atoms with Gasteiger partial charge in [-0.25, -0.2) is 4.98 Å². The Morgan fingerprint density at radius 1 is 1.33 bits per heavy atom. The molecule has 4 nitrogen and oxygen atoms in total. The van der Waals surface area contributed by atoms with E-state index in [4.69, 9.17) is 10.5 Å². The van der Waals surface area contributed by atoms with Crippen LogP contribution >= 0.6 is 0 Å². The van der Waals surface area contributed by atoms with Crippen molar-refractivity contribution in [2.75, 3.05) is 32.0 Å². The van der Waals surface area contributed by atoms with Crippen LogP contribution in [0.2, 0.25) is 0 Å². The van der Waals surface area contributed by atoms with Crippen molar-refractivity contribution in [2.45, 2.75) is 12.8 Å². The molecule has 0 amide bonds. The van der Waals surface area contributed by atoms with Crippen molar-refractivity contribution in [1.29, 1.82) is 0 Å². The van der Waals surface area contributed by atoms with Crippen LogP contribution in [0.3, 0.4) is 0 Å². The minimum absolute atomic E-state index is 0.530. The van der Waals surface area contributed by atoms with Crippen LogP contribution in [0.25, 0.3) is 0 Å². The van der Waals surface area contributed by atoms with Gasteiger partial charge in [-0.1, -0.05) is 0 Å². The SMILES string of the molecule is Nc1ccc(OCCN2CCCC2)cn1. The van der Waals surface area contributed by atoms with Gasteiger partial charge in [-0.15, -0.1) is 0 Å². The normalized spacial score (nSPS) is 16.8. The van der Waals surface area contributed by atoms with Gasteiger partial charge in [0.15, 0.2) is 0 Å². The summed E-state index contributed by atoms with van der Waals surface area (Å²) in [7, 11) is 0. The first-order valence-electron chi connectivity index (χ1n) is 5.41. The van der Waals surface area contributed by atoms with E-state index in [1.54, 1.807) is 12.3 Å². The fourth-order valence-electron chi connectivity index (χ4n) is 1.78. The zero-order chi connectivity index (χ0) is 10.5. The van der Waals surface area contributed by atoms with E-state index in [0.717, 1.165) is 18.9 Å². The number of hydrogen-bond acceptors (Lipinski definition) is 4. The van der Waals surface area contributed by atoms with E-state index in [2.05, 4.69) is 9.88 Å². The second kappa shape index (κ2) is 4.98. The molecule has 0 radical (unpaired) electrons. The molecule has 1 aliphatic rings. The number of likely N-dealkylation sites (tertiary alicyclic amines) is 1. The molecule has 1 aliphatic heterocycles. The van der Waals surface area contributed by atoms with E-state index < -0.39 is 0 Å². The molecule has 2 rings (SSSR count). The Morgan fingerprint density at radius 2 is 2.13 bits per heavy atom. The molecule has 15 heavy (non-hydrogen) atoms. The number of rotatable bonds is 4. The standard InChI is InChI=1S/C11H17N3O/c12-11-4-3-10(9-13-11)15-8-7-14-5-1-2-6-14/h3-4,9H,1-2,5-8H2,(H2,12,13). The Kier molecular flexibility index (Phi) is 3.40. The molecule has 1 aromatic rings. The molecule has 0 spiro atoms. The van der Waals surface area contributed by atoms with E-state index >= 15 is 0 Å². The van der Waals surface area contributed by atoms with Crippen LogP contribution in [-0.2, 0) is 0 Å². The number of nitrogen functional groups attached to an aromatic ring is 1. The third kappa shape index (κ3) is 3.09. The van der Waals surface area contributed by atoms with Crippen LogP contribution in [-0.4, -0.2) is 36.1 Å². The number of anilines is 1. The van der Waals surface area contributed by atoms with Gasteiger partial charge in [0, 0.05) is 6.54 Å². The summed E-state index contributed by atoms with van der Waals surface area (Å²) in [5, 5.41) is 0. The van der Waals surface area contributed by atoms with Crippen LogP contribution in [0, 0.1) is 0 Å². The van der Waals surface area contributed by atoms with Crippen LogP contribution in [0.15, 0.2) is 18.3 Å². The third-order valence-electron chi connectivity index (χ3n) is 2.63. The van der Waals surface area contributed by atoms with Crippen molar-refractivity contribution in [2.24, 2.45) is 0 Å². The maximum atomic E-state index is 5.56. The molecule has 0 unspecified atom stereocenters. The minimum Gasteiger partial charge on any atom is -0.491 e. The van der Waals surface area contributed by atoms with E-state index in [-0.39, 0.29) is 0 Å². The molecule has 0 aromatic carbocycles. The van der Waals surface area contributed by atoms with Crippen LogP contribution in [0.5, 0.6) is 5.75 Å². The molecule has 2 N–H and O–H groups in total. The van der Waals surface area contributed by atoms with Crippen LogP contribution in [0.4, 0.5) is 5.82 Å². The number of ether oxygens (including phenoxy) is 1. The molecule has 1 aromatic heterocycles. The average Bonchev–Trinajstić information content (AvgIpc) is 2.74. The smallest absolute Gasteiger partial charge is 0.137 e. The van der Waals surface area contributed by atoms with E-state index in [0.29, 0.717) is 5.82 Å². The molecule has 0 aliphatic carbocycles. The molecule has 1 saturated heterocycles. The lowest BCUT2D eigenvalue weighted by Gasteiger charge is -2.14. The molecular weight excluding hydrogens is 190 g/mol. The summed E-state index contributed by atoms with van der Waals surface area (Å²) in [5.74, 6) is 1.32. The summed E-state index contributed by atoms with van der Waals surface area (Å²) in [6.45, 7) is 4.16. The molecule has 0 saturated carbocycles. The van der Waals surface area contributed by atoms with Gasteiger partial charge in [0.1, 0.15) is 18.2 Å². The van der Waals surface area contributed by atoms with Gasteiger partial charge in [0.2, 0.25) is 0 Å². The molecule has 0 atom stereocenters. The number of aromatic nitrogens is 1. The second-order valence-electron chi connectivity index (χ2n) is 3.82. The predicted octanol–water partition coefficient (Wildman–Crippen LogP) is 1.14. The summed E-state index contributed by atoms with van der Waals surface area (Å²) in [4.78, 5) is 6.39. The number of nitrogens with zero attached hydrogens (tertiary/aromatic N) is 2. The van der Waals surface area contributed by atoms with Crippen molar-refractivity contribution in [3.8, 4) is 5.75 Å². The summed E-state index contributed by atoms with van der Waals surface area (Å²) in [5.41, 5.74) is 5.48.